The topological polar surface area (TPSA) is 70.3 Å². The number of aromatic nitrogens is 3. The van der Waals surface area contributed by atoms with Gasteiger partial charge in [0.25, 0.3) is 0 Å². The van der Waals surface area contributed by atoms with Crippen LogP contribution < -0.4 is 0 Å². The Bertz CT molecular complexity index is 2750. The average Bonchev–Trinajstić information content (AvgIpc) is 3.67. The number of rotatable bonds is 4. The van der Waals surface area contributed by atoms with Crippen molar-refractivity contribution in [2.24, 2.45) is 0 Å². The second kappa shape index (κ2) is 10.8. The second-order valence-corrected chi connectivity index (χ2v) is 11.9. The summed E-state index contributed by atoms with van der Waals surface area (Å²) >= 11 is 0. The van der Waals surface area contributed by atoms with Crippen molar-refractivity contribution < 1.29 is 0 Å². The summed E-state index contributed by atoms with van der Waals surface area (Å²) < 4.78 is 4.46. The Balaban J connectivity index is 1.39. The minimum absolute atomic E-state index is 0.620. The summed E-state index contributed by atoms with van der Waals surface area (Å²) in [6, 6.07) is 56.1. The first-order chi connectivity index (χ1) is 23.7. The molecule has 3 aromatic heterocycles. The molecule has 0 aliphatic carbocycles. The number of nitriles is 2. The highest BCUT2D eigenvalue weighted by Crippen LogP contribution is 2.39. The van der Waals surface area contributed by atoms with Crippen molar-refractivity contribution in [1.82, 2.24) is 14.1 Å². The van der Waals surface area contributed by atoms with E-state index in [1.807, 2.05) is 60.7 Å². The molecule has 0 saturated carbocycles. The van der Waals surface area contributed by atoms with Crippen LogP contribution in [0.3, 0.4) is 0 Å². The highest BCUT2D eigenvalue weighted by molar-refractivity contribution is 6.10. The quantitative estimate of drug-likeness (QED) is 0.199. The molecule has 0 aliphatic heterocycles. The first-order valence-corrected chi connectivity index (χ1v) is 15.8. The van der Waals surface area contributed by atoms with Gasteiger partial charge in [0.15, 0.2) is 0 Å². The van der Waals surface area contributed by atoms with Crippen molar-refractivity contribution in [2.45, 2.75) is 0 Å². The lowest BCUT2D eigenvalue weighted by Gasteiger charge is -2.16. The number of hydrogen-bond donors (Lipinski definition) is 0. The standard InChI is InChI=1S/C43H25N5/c44-26-28-17-20-30(21-18-28)32-9-1-2-10-33(32)31-24-42(47-38-14-6-3-11-34(38)35-12-4-7-15-39(35)47)46-43(25-31)48-40-16-8-5-13-36(40)37-23-29(27-45)19-22-41(37)48/h1-25H. The summed E-state index contributed by atoms with van der Waals surface area (Å²) in [7, 11) is 0. The molecule has 9 aromatic rings. The molecule has 0 unspecified atom stereocenters. The molecular weight excluding hydrogens is 587 g/mol. The van der Waals surface area contributed by atoms with Gasteiger partial charge in [0.2, 0.25) is 0 Å². The lowest BCUT2D eigenvalue weighted by molar-refractivity contribution is 1.01. The zero-order valence-electron chi connectivity index (χ0n) is 25.7. The van der Waals surface area contributed by atoms with Crippen LogP contribution >= 0.6 is 0 Å². The molecule has 0 bridgehead atoms. The monoisotopic (exact) mass is 611 g/mol. The molecule has 6 aromatic carbocycles. The minimum atomic E-state index is 0.620. The maximum atomic E-state index is 9.73. The zero-order valence-corrected chi connectivity index (χ0v) is 25.7. The third-order valence-corrected chi connectivity index (χ3v) is 9.20. The van der Waals surface area contributed by atoms with E-state index < -0.39 is 0 Å². The van der Waals surface area contributed by atoms with Gasteiger partial charge < -0.3 is 0 Å². The average molecular weight is 612 g/mol. The van der Waals surface area contributed by atoms with Gasteiger partial charge in [-0.25, -0.2) is 4.98 Å². The molecule has 3 heterocycles. The number of para-hydroxylation sites is 3. The molecule has 222 valence electrons. The minimum Gasteiger partial charge on any atom is -0.294 e. The number of pyridine rings is 1. The van der Waals surface area contributed by atoms with E-state index in [9.17, 15) is 10.5 Å². The predicted octanol–water partition coefficient (Wildman–Crippen LogP) is 10.4. The molecule has 0 fully saturated rings. The molecule has 0 radical (unpaired) electrons. The van der Waals surface area contributed by atoms with Crippen molar-refractivity contribution in [3.05, 3.63) is 163 Å². The molecule has 0 N–H and O–H groups in total. The fourth-order valence-electron chi connectivity index (χ4n) is 7.06. The molecule has 0 saturated heterocycles. The lowest BCUT2D eigenvalue weighted by Crippen LogP contribution is -2.04. The van der Waals surface area contributed by atoms with Crippen LogP contribution in [0.25, 0.3) is 77.5 Å². The van der Waals surface area contributed by atoms with Crippen LogP contribution in [0.4, 0.5) is 0 Å². The molecule has 0 atom stereocenters. The van der Waals surface area contributed by atoms with Crippen molar-refractivity contribution in [2.75, 3.05) is 0 Å². The summed E-state index contributed by atoms with van der Waals surface area (Å²) in [5.41, 5.74) is 9.56. The molecule has 0 aliphatic rings. The Morgan fingerprint density at radius 1 is 0.396 bits per heavy atom. The Kier molecular flexibility index (Phi) is 6.18. The molecular formula is C43H25N5. The van der Waals surface area contributed by atoms with Gasteiger partial charge in [0.05, 0.1) is 45.3 Å². The smallest absolute Gasteiger partial charge is 0.140 e. The van der Waals surface area contributed by atoms with Crippen molar-refractivity contribution >= 4 is 43.6 Å². The van der Waals surface area contributed by atoms with Gasteiger partial charge in [-0.2, -0.15) is 10.5 Å². The van der Waals surface area contributed by atoms with Crippen LogP contribution in [0.1, 0.15) is 11.1 Å². The van der Waals surface area contributed by atoms with Crippen LogP contribution in [-0.2, 0) is 0 Å². The van der Waals surface area contributed by atoms with Crippen LogP contribution in [-0.4, -0.2) is 14.1 Å². The molecule has 9 rings (SSSR count). The van der Waals surface area contributed by atoms with Gasteiger partial charge in [0.1, 0.15) is 11.6 Å². The fourth-order valence-corrected chi connectivity index (χ4v) is 7.06. The van der Waals surface area contributed by atoms with E-state index >= 15 is 0 Å². The summed E-state index contributed by atoms with van der Waals surface area (Å²) in [5.74, 6) is 1.57. The number of fused-ring (bicyclic) bond motifs is 6. The first kappa shape index (κ1) is 27.4. The Labute approximate surface area is 276 Å². The molecule has 5 nitrogen and oxygen atoms in total. The summed E-state index contributed by atoms with van der Waals surface area (Å²) in [4.78, 5) is 5.44. The van der Waals surface area contributed by atoms with Crippen LogP contribution in [0.5, 0.6) is 0 Å². The molecule has 5 heteroatoms. The van der Waals surface area contributed by atoms with Gasteiger partial charge in [0, 0.05) is 21.5 Å². The van der Waals surface area contributed by atoms with Crippen LogP contribution in [0.15, 0.2) is 152 Å². The SMILES string of the molecule is N#Cc1ccc(-c2ccccc2-c2cc(-n3c4ccccc4c4ccccc43)nc(-n3c4ccccc4c4cc(C#N)ccc43)c2)cc1. The van der Waals surface area contributed by atoms with Gasteiger partial charge in [-0.1, -0.05) is 91.0 Å². The van der Waals surface area contributed by atoms with Crippen molar-refractivity contribution in [3.8, 4) is 46.0 Å². The molecule has 48 heavy (non-hydrogen) atoms. The van der Waals surface area contributed by atoms with Crippen molar-refractivity contribution in [1.29, 1.82) is 10.5 Å². The second-order valence-electron chi connectivity index (χ2n) is 11.9. The predicted molar refractivity (Wildman–Crippen MR) is 193 cm³/mol. The van der Waals surface area contributed by atoms with Gasteiger partial charge >= 0.3 is 0 Å². The van der Waals surface area contributed by atoms with E-state index in [1.165, 1.54) is 10.8 Å². The summed E-state index contributed by atoms with van der Waals surface area (Å²) in [5, 5.41) is 23.6. The van der Waals surface area contributed by atoms with E-state index in [2.05, 4.69) is 112 Å². The summed E-state index contributed by atoms with van der Waals surface area (Å²) in [6.45, 7) is 0. The Hall–Kier alpha value is -6.95. The zero-order chi connectivity index (χ0) is 32.2. The lowest BCUT2D eigenvalue weighted by atomic mass is 9.94. The fraction of sp³-hybridized carbons (Fsp3) is 0. The highest BCUT2D eigenvalue weighted by Gasteiger charge is 2.19. The largest absolute Gasteiger partial charge is 0.294 e. The maximum Gasteiger partial charge on any atom is 0.140 e. The van der Waals surface area contributed by atoms with E-state index in [0.717, 1.165) is 66.7 Å². The van der Waals surface area contributed by atoms with Crippen molar-refractivity contribution in [3.63, 3.8) is 0 Å². The number of nitrogens with zero attached hydrogens (tertiary/aromatic N) is 5. The van der Waals surface area contributed by atoms with Gasteiger partial charge in [-0.15, -0.1) is 0 Å². The number of benzene rings is 6. The van der Waals surface area contributed by atoms with E-state index in [1.54, 1.807) is 0 Å². The number of hydrogen-bond acceptors (Lipinski definition) is 3. The van der Waals surface area contributed by atoms with E-state index in [-0.39, 0.29) is 0 Å². The first-order valence-electron chi connectivity index (χ1n) is 15.8. The Morgan fingerprint density at radius 3 is 1.38 bits per heavy atom. The van der Waals surface area contributed by atoms with E-state index in [0.29, 0.717) is 11.1 Å². The summed E-state index contributed by atoms with van der Waals surface area (Å²) in [6.07, 6.45) is 0. The van der Waals surface area contributed by atoms with E-state index in [4.69, 9.17) is 4.98 Å². The maximum absolute atomic E-state index is 9.73. The molecule has 0 spiro atoms. The van der Waals surface area contributed by atoms with Gasteiger partial charge in [-0.3, -0.25) is 9.13 Å². The normalized spacial score (nSPS) is 11.3. The van der Waals surface area contributed by atoms with Gasteiger partial charge in [-0.05, 0) is 82.9 Å². The highest BCUT2D eigenvalue weighted by atomic mass is 15.1. The third-order valence-electron chi connectivity index (χ3n) is 9.20. The molecule has 0 amide bonds. The third kappa shape index (κ3) is 4.20. The van der Waals surface area contributed by atoms with Crippen LogP contribution in [0.2, 0.25) is 0 Å². The Morgan fingerprint density at radius 2 is 0.833 bits per heavy atom. The van der Waals surface area contributed by atoms with Crippen LogP contribution in [0, 0.1) is 22.7 Å².